The molecule has 0 spiro atoms. The van der Waals surface area contributed by atoms with Crippen molar-refractivity contribution in [1.29, 1.82) is 5.26 Å². The van der Waals surface area contributed by atoms with Gasteiger partial charge in [-0.1, -0.05) is 0 Å². The molecule has 0 saturated heterocycles. The van der Waals surface area contributed by atoms with Gasteiger partial charge < -0.3 is 9.30 Å². The number of benzene rings is 1. The summed E-state index contributed by atoms with van der Waals surface area (Å²) < 4.78 is 8.17. The van der Waals surface area contributed by atoms with Crippen molar-refractivity contribution in [1.82, 2.24) is 4.57 Å². The smallest absolute Gasteiger partial charge is 0.348 e. The number of hydrogen-bond acceptors (Lipinski definition) is 3. The average molecular weight is 420 g/mol. The number of aromatic nitrogens is 1. The largest absolute Gasteiger partial charge is 0.462 e. The van der Waals surface area contributed by atoms with Crippen molar-refractivity contribution >= 4 is 34.6 Å². The van der Waals surface area contributed by atoms with Gasteiger partial charge in [-0.05, 0) is 85.3 Å². The molecule has 1 aromatic carbocycles. The molecule has 4 nitrogen and oxygen atoms in total. The zero-order valence-electron chi connectivity index (χ0n) is 13.3. The van der Waals surface area contributed by atoms with Gasteiger partial charge in [-0.25, -0.2) is 4.79 Å². The maximum atomic E-state index is 11.8. The Hall–Kier alpha value is -2.07. The molecule has 23 heavy (non-hydrogen) atoms. The fourth-order valence-corrected chi connectivity index (χ4v) is 2.78. The molecule has 0 saturated carbocycles. The molecule has 0 unspecified atom stereocenters. The van der Waals surface area contributed by atoms with E-state index in [0.717, 1.165) is 22.6 Å². The van der Waals surface area contributed by atoms with Crippen LogP contribution in [0.5, 0.6) is 0 Å². The lowest BCUT2D eigenvalue weighted by Gasteiger charge is -2.09. The van der Waals surface area contributed by atoms with Gasteiger partial charge in [0.1, 0.15) is 11.6 Å². The van der Waals surface area contributed by atoms with Gasteiger partial charge in [-0.15, -0.1) is 0 Å². The van der Waals surface area contributed by atoms with E-state index in [1.807, 2.05) is 50.2 Å². The van der Waals surface area contributed by atoms with Gasteiger partial charge in [-0.3, -0.25) is 0 Å². The van der Waals surface area contributed by atoms with Crippen molar-refractivity contribution in [2.45, 2.75) is 20.8 Å². The predicted molar refractivity (Wildman–Crippen MR) is 98.2 cm³/mol. The van der Waals surface area contributed by atoms with E-state index in [-0.39, 0.29) is 12.2 Å². The Morgan fingerprint density at radius 1 is 1.35 bits per heavy atom. The van der Waals surface area contributed by atoms with E-state index >= 15 is 0 Å². The molecule has 0 aliphatic carbocycles. The van der Waals surface area contributed by atoms with Crippen LogP contribution < -0.4 is 0 Å². The number of ether oxygens (including phenoxy) is 1. The second-order valence-electron chi connectivity index (χ2n) is 5.03. The van der Waals surface area contributed by atoms with Crippen molar-refractivity contribution < 1.29 is 9.53 Å². The second-order valence-corrected chi connectivity index (χ2v) is 6.27. The summed E-state index contributed by atoms with van der Waals surface area (Å²) in [6.07, 6.45) is 1.59. The van der Waals surface area contributed by atoms with Crippen LogP contribution in [0.15, 0.2) is 35.9 Å². The highest BCUT2D eigenvalue weighted by atomic mass is 127. The third-order valence-corrected chi connectivity index (χ3v) is 4.19. The average Bonchev–Trinajstić information content (AvgIpc) is 2.80. The minimum atomic E-state index is -0.589. The molecule has 0 bridgehead atoms. The predicted octanol–water partition coefficient (Wildman–Crippen LogP) is 4.17. The number of carbonyl (C=O) groups is 1. The molecule has 0 fully saturated rings. The lowest BCUT2D eigenvalue weighted by molar-refractivity contribution is -0.137. The Morgan fingerprint density at radius 3 is 2.57 bits per heavy atom. The Kier molecular flexibility index (Phi) is 5.61. The van der Waals surface area contributed by atoms with Crippen molar-refractivity contribution in [3.05, 3.63) is 56.4 Å². The molecule has 2 aromatic rings. The molecule has 118 valence electrons. The van der Waals surface area contributed by atoms with Crippen LogP contribution >= 0.6 is 22.6 Å². The summed E-state index contributed by atoms with van der Waals surface area (Å²) in [5.41, 5.74) is 3.91. The van der Waals surface area contributed by atoms with Crippen LogP contribution in [0, 0.1) is 28.7 Å². The van der Waals surface area contributed by atoms with E-state index in [2.05, 4.69) is 27.2 Å². The van der Waals surface area contributed by atoms with Gasteiger partial charge in [0.25, 0.3) is 0 Å². The van der Waals surface area contributed by atoms with E-state index in [9.17, 15) is 10.1 Å². The summed E-state index contributed by atoms with van der Waals surface area (Å²) in [6.45, 7) is 5.94. The number of hydrogen-bond donors (Lipinski definition) is 0. The summed E-state index contributed by atoms with van der Waals surface area (Å²) in [5.74, 6) is -0.589. The number of carbonyl (C=O) groups excluding carboxylic acids is 1. The van der Waals surface area contributed by atoms with E-state index in [1.54, 1.807) is 13.0 Å². The van der Waals surface area contributed by atoms with Gasteiger partial charge >= 0.3 is 5.97 Å². The fourth-order valence-electron chi connectivity index (χ4n) is 2.42. The first-order valence-corrected chi connectivity index (χ1v) is 8.29. The van der Waals surface area contributed by atoms with Crippen LogP contribution in [0.4, 0.5) is 0 Å². The van der Waals surface area contributed by atoms with Crippen LogP contribution in [0.3, 0.4) is 0 Å². The number of aryl methyl sites for hydroxylation is 1. The quantitative estimate of drug-likeness (QED) is 0.323. The molecule has 0 atom stereocenters. The normalized spacial score (nSPS) is 11.2. The van der Waals surface area contributed by atoms with Crippen molar-refractivity contribution in [3.63, 3.8) is 0 Å². The molecule has 2 rings (SSSR count). The van der Waals surface area contributed by atoms with Crippen molar-refractivity contribution in [2.75, 3.05) is 6.61 Å². The summed E-state index contributed by atoms with van der Waals surface area (Å²) in [4.78, 5) is 11.8. The SMILES string of the molecule is CCOC(=O)C(C#N)=Cc1cc(C)n(-c2ccc(I)cc2)c1C. The first-order chi connectivity index (χ1) is 11.0. The lowest BCUT2D eigenvalue weighted by Crippen LogP contribution is -2.06. The first kappa shape index (κ1) is 17.3. The van der Waals surface area contributed by atoms with Crippen LogP contribution in [0.25, 0.3) is 11.8 Å². The topological polar surface area (TPSA) is 55.0 Å². The molecule has 0 amide bonds. The summed E-state index contributed by atoms with van der Waals surface area (Å²) in [5, 5.41) is 9.17. The van der Waals surface area contributed by atoms with E-state index in [0.29, 0.717) is 0 Å². The first-order valence-electron chi connectivity index (χ1n) is 7.21. The number of nitriles is 1. The summed E-state index contributed by atoms with van der Waals surface area (Å²) in [7, 11) is 0. The van der Waals surface area contributed by atoms with Gasteiger partial charge in [0.2, 0.25) is 0 Å². The lowest BCUT2D eigenvalue weighted by atomic mass is 10.1. The monoisotopic (exact) mass is 420 g/mol. The fraction of sp³-hybridized carbons (Fsp3) is 0.222. The molecule has 0 N–H and O–H groups in total. The van der Waals surface area contributed by atoms with Crippen LogP contribution in [-0.4, -0.2) is 17.1 Å². The number of halogens is 1. The van der Waals surface area contributed by atoms with Crippen LogP contribution in [0.1, 0.15) is 23.9 Å². The molecule has 1 aromatic heterocycles. The summed E-state index contributed by atoms with van der Waals surface area (Å²) >= 11 is 2.27. The minimum Gasteiger partial charge on any atom is -0.462 e. The van der Waals surface area contributed by atoms with Gasteiger partial charge in [0.05, 0.1) is 6.61 Å². The summed E-state index contributed by atoms with van der Waals surface area (Å²) in [6, 6.07) is 12.1. The van der Waals surface area contributed by atoms with Crippen LogP contribution in [-0.2, 0) is 9.53 Å². The van der Waals surface area contributed by atoms with Gasteiger partial charge in [-0.2, -0.15) is 5.26 Å². The number of nitrogens with zero attached hydrogens (tertiary/aromatic N) is 2. The number of esters is 1. The highest BCUT2D eigenvalue weighted by molar-refractivity contribution is 14.1. The Morgan fingerprint density at radius 2 is 2.00 bits per heavy atom. The third kappa shape index (κ3) is 3.82. The molecule has 0 aliphatic rings. The maximum Gasteiger partial charge on any atom is 0.348 e. The molecule has 0 aliphatic heterocycles. The third-order valence-electron chi connectivity index (χ3n) is 3.47. The van der Waals surface area contributed by atoms with Gasteiger partial charge in [0, 0.05) is 20.6 Å². The van der Waals surface area contributed by atoms with E-state index < -0.39 is 5.97 Å². The molecule has 1 heterocycles. The minimum absolute atomic E-state index is 0.00899. The van der Waals surface area contributed by atoms with Gasteiger partial charge in [0.15, 0.2) is 0 Å². The number of rotatable bonds is 4. The standard InChI is InChI=1S/C18H17IN2O2/c1-4-23-18(22)15(11-20)10-14-9-12(2)21(13(14)3)17-7-5-16(19)6-8-17/h5-10H,4H2,1-3H3. The Bertz CT molecular complexity index is 796. The molecular formula is C18H17IN2O2. The van der Waals surface area contributed by atoms with Crippen molar-refractivity contribution in [3.8, 4) is 11.8 Å². The van der Waals surface area contributed by atoms with Crippen LogP contribution in [0.2, 0.25) is 0 Å². The second kappa shape index (κ2) is 7.47. The molecule has 5 heteroatoms. The molecule has 0 radical (unpaired) electrons. The zero-order valence-corrected chi connectivity index (χ0v) is 15.4. The van der Waals surface area contributed by atoms with Crippen molar-refractivity contribution in [2.24, 2.45) is 0 Å². The highest BCUT2D eigenvalue weighted by Gasteiger charge is 2.14. The maximum absolute atomic E-state index is 11.8. The Labute approximate surface area is 149 Å². The Balaban J connectivity index is 2.47. The zero-order chi connectivity index (χ0) is 17.0. The van der Waals surface area contributed by atoms with E-state index in [1.165, 1.54) is 3.57 Å². The molecular weight excluding hydrogens is 403 g/mol. The van der Waals surface area contributed by atoms with E-state index in [4.69, 9.17) is 4.74 Å². The highest BCUT2D eigenvalue weighted by Crippen LogP contribution is 2.23.